The van der Waals surface area contributed by atoms with Crippen molar-refractivity contribution >= 4 is 33.1 Å². The van der Waals surface area contributed by atoms with Crippen LogP contribution in [0.5, 0.6) is 0 Å². The zero-order valence-corrected chi connectivity index (χ0v) is 9.65. The third-order valence-corrected chi connectivity index (χ3v) is 2.88. The van der Waals surface area contributed by atoms with Crippen molar-refractivity contribution in [2.75, 3.05) is 0 Å². The smallest absolute Gasteiger partial charge is 0.417 e. The number of alkyl halides is 1. The Labute approximate surface area is 94.7 Å². The van der Waals surface area contributed by atoms with Crippen molar-refractivity contribution in [2.24, 2.45) is 0 Å². The molecule has 0 radical (unpaired) electrons. The SMILES string of the molecule is Cc1nc2c(CBr)cccc2n1C(=O)O. The number of hydrogen-bond acceptors (Lipinski definition) is 2. The van der Waals surface area contributed by atoms with E-state index in [0.29, 0.717) is 16.7 Å². The van der Waals surface area contributed by atoms with Crippen LogP contribution in [-0.2, 0) is 5.33 Å². The van der Waals surface area contributed by atoms with Crippen LogP contribution < -0.4 is 0 Å². The van der Waals surface area contributed by atoms with Gasteiger partial charge in [-0.2, -0.15) is 0 Å². The monoisotopic (exact) mass is 268 g/mol. The van der Waals surface area contributed by atoms with Crippen molar-refractivity contribution in [2.45, 2.75) is 12.3 Å². The molecule has 0 saturated carbocycles. The van der Waals surface area contributed by atoms with E-state index in [0.717, 1.165) is 11.1 Å². The van der Waals surface area contributed by atoms with E-state index in [4.69, 9.17) is 5.11 Å². The molecule has 15 heavy (non-hydrogen) atoms. The molecule has 1 heterocycles. The number of hydrogen-bond donors (Lipinski definition) is 1. The molecule has 5 heteroatoms. The highest BCUT2D eigenvalue weighted by molar-refractivity contribution is 9.08. The highest BCUT2D eigenvalue weighted by Crippen LogP contribution is 2.21. The van der Waals surface area contributed by atoms with Gasteiger partial charge in [-0.1, -0.05) is 28.1 Å². The maximum atomic E-state index is 11.0. The van der Waals surface area contributed by atoms with Gasteiger partial charge in [0.25, 0.3) is 0 Å². The molecule has 0 atom stereocenters. The first kappa shape index (κ1) is 10.2. The molecule has 0 amide bonds. The minimum Gasteiger partial charge on any atom is -0.464 e. The van der Waals surface area contributed by atoms with Crippen LogP contribution in [-0.4, -0.2) is 20.8 Å². The fourth-order valence-corrected chi connectivity index (χ4v) is 2.08. The van der Waals surface area contributed by atoms with Gasteiger partial charge in [0.2, 0.25) is 0 Å². The number of fused-ring (bicyclic) bond motifs is 1. The van der Waals surface area contributed by atoms with Crippen molar-refractivity contribution in [1.29, 1.82) is 0 Å². The first-order valence-corrected chi connectivity index (χ1v) is 5.53. The van der Waals surface area contributed by atoms with Crippen molar-refractivity contribution in [3.63, 3.8) is 0 Å². The van der Waals surface area contributed by atoms with Crippen molar-refractivity contribution < 1.29 is 9.90 Å². The fraction of sp³-hybridized carbons (Fsp3) is 0.200. The van der Waals surface area contributed by atoms with Crippen LogP contribution in [0.25, 0.3) is 11.0 Å². The summed E-state index contributed by atoms with van der Waals surface area (Å²) in [7, 11) is 0. The molecule has 0 spiro atoms. The summed E-state index contributed by atoms with van der Waals surface area (Å²) in [6.45, 7) is 1.69. The Balaban J connectivity index is 2.84. The first-order valence-electron chi connectivity index (χ1n) is 4.41. The second-order valence-corrected chi connectivity index (χ2v) is 3.76. The molecule has 0 unspecified atom stereocenters. The highest BCUT2D eigenvalue weighted by atomic mass is 79.9. The van der Waals surface area contributed by atoms with E-state index in [9.17, 15) is 4.79 Å². The van der Waals surface area contributed by atoms with Gasteiger partial charge in [-0.25, -0.2) is 14.3 Å². The number of para-hydroxylation sites is 1. The Morgan fingerprint density at radius 3 is 2.93 bits per heavy atom. The van der Waals surface area contributed by atoms with E-state index >= 15 is 0 Å². The predicted molar refractivity (Wildman–Crippen MR) is 60.5 cm³/mol. The second kappa shape index (κ2) is 3.66. The number of rotatable bonds is 1. The molecule has 0 aliphatic heterocycles. The number of carbonyl (C=O) groups is 1. The zero-order chi connectivity index (χ0) is 11.0. The molecule has 0 aliphatic rings. The molecule has 1 N–H and O–H groups in total. The number of aryl methyl sites for hydroxylation is 1. The van der Waals surface area contributed by atoms with Gasteiger partial charge >= 0.3 is 6.09 Å². The van der Waals surface area contributed by atoms with Gasteiger partial charge in [0.05, 0.1) is 11.0 Å². The van der Waals surface area contributed by atoms with Gasteiger partial charge in [-0.15, -0.1) is 0 Å². The summed E-state index contributed by atoms with van der Waals surface area (Å²) in [5.41, 5.74) is 2.38. The lowest BCUT2D eigenvalue weighted by atomic mass is 10.2. The predicted octanol–water partition coefficient (Wildman–Crippen LogP) is 2.77. The Bertz CT molecular complexity index is 533. The van der Waals surface area contributed by atoms with Crippen LogP contribution in [0, 0.1) is 6.92 Å². The maximum Gasteiger partial charge on any atom is 0.417 e. The molecule has 0 aliphatic carbocycles. The molecule has 2 aromatic rings. The minimum atomic E-state index is -0.998. The van der Waals surface area contributed by atoms with E-state index in [-0.39, 0.29) is 0 Å². The summed E-state index contributed by atoms with van der Waals surface area (Å²) in [5.74, 6) is 0.492. The normalized spacial score (nSPS) is 10.8. The topological polar surface area (TPSA) is 55.1 Å². The summed E-state index contributed by atoms with van der Waals surface area (Å²) >= 11 is 3.35. The fourth-order valence-electron chi connectivity index (χ4n) is 1.62. The Morgan fingerprint density at radius 2 is 2.33 bits per heavy atom. The van der Waals surface area contributed by atoms with Crippen LogP contribution in [0.4, 0.5) is 4.79 Å². The average Bonchev–Trinajstić information content (AvgIpc) is 2.53. The second-order valence-electron chi connectivity index (χ2n) is 3.20. The Kier molecular flexibility index (Phi) is 2.48. The lowest BCUT2D eigenvalue weighted by Gasteiger charge is -1.99. The summed E-state index contributed by atoms with van der Waals surface area (Å²) in [4.78, 5) is 15.3. The maximum absolute atomic E-state index is 11.0. The number of nitrogens with zero attached hydrogens (tertiary/aromatic N) is 2. The molecule has 0 fully saturated rings. The summed E-state index contributed by atoms with van der Waals surface area (Å²) in [6.07, 6.45) is -0.998. The van der Waals surface area contributed by atoms with Gasteiger partial charge in [-0.05, 0) is 18.6 Å². The molecule has 1 aromatic carbocycles. The Morgan fingerprint density at radius 1 is 1.60 bits per heavy atom. The van der Waals surface area contributed by atoms with Crippen LogP contribution in [0.1, 0.15) is 11.4 Å². The number of aromatic nitrogens is 2. The lowest BCUT2D eigenvalue weighted by Crippen LogP contribution is -2.09. The summed E-state index contributed by atoms with van der Waals surface area (Å²) < 4.78 is 1.20. The first-order chi connectivity index (χ1) is 7.15. The zero-order valence-electron chi connectivity index (χ0n) is 8.07. The third kappa shape index (κ3) is 1.52. The van der Waals surface area contributed by atoms with Crippen LogP contribution in [0.2, 0.25) is 0 Å². The van der Waals surface area contributed by atoms with Crippen LogP contribution in [0.3, 0.4) is 0 Å². The van der Waals surface area contributed by atoms with Gasteiger partial charge in [0, 0.05) is 5.33 Å². The number of carboxylic acid groups (broad SMARTS) is 1. The van der Waals surface area contributed by atoms with Crippen LogP contribution in [0.15, 0.2) is 18.2 Å². The Hall–Kier alpha value is -1.36. The number of halogens is 1. The van der Waals surface area contributed by atoms with Crippen LogP contribution >= 0.6 is 15.9 Å². The van der Waals surface area contributed by atoms with Crippen molar-refractivity contribution in [1.82, 2.24) is 9.55 Å². The molecule has 0 saturated heterocycles. The largest absolute Gasteiger partial charge is 0.464 e. The van der Waals surface area contributed by atoms with E-state index < -0.39 is 6.09 Å². The molecule has 4 nitrogen and oxygen atoms in total. The van der Waals surface area contributed by atoms with E-state index in [1.807, 2.05) is 12.1 Å². The minimum absolute atomic E-state index is 0.492. The summed E-state index contributed by atoms with van der Waals surface area (Å²) in [5, 5.41) is 9.69. The quantitative estimate of drug-likeness (QED) is 0.810. The van der Waals surface area contributed by atoms with Gasteiger partial charge in [0.1, 0.15) is 5.82 Å². The molecular formula is C10H9BrN2O2. The lowest BCUT2D eigenvalue weighted by molar-refractivity contribution is 0.197. The molecule has 1 aromatic heterocycles. The van der Waals surface area contributed by atoms with E-state index in [1.165, 1.54) is 4.57 Å². The number of benzene rings is 1. The molecule has 2 rings (SSSR count). The van der Waals surface area contributed by atoms with Crippen molar-refractivity contribution in [3.8, 4) is 0 Å². The standard InChI is InChI=1S/C10H9BrN2O2/c1-6-12-9-7(5-11)3-2-4-8(9)13(6)10(14)15/h2-4H,5H2,1H3,(H,14,15). The summed E-state index contributed by atoms with van der Waals surface area (Å²) in [6, 6.07) is 5.52. The van der Waals surface area contributed by atoms with Gasteiger partial charge in [0.15, 0.2) is 0 Å². The highest BCUT2D eigenvalue weighted by Gasteiger charge is 2.14. The third-order valence-electron chi connectivity index (χ3n) is 2.27. The molecule has 78 valence electrons. The van der Waals surface area contributed by atoms with Gasteiger partial charge in [-0.3, -0.25) is 0 Å². The molecular weight excluding hydrogens is 260 g/mol. The van der Waals surface area contributed by atoms with E-state index in [2.05, 4.69) is 20.9 Å². The number of imidazole rings is 1. The van der Waals surface area contributed by atoms with Crippen molar-refractivity contribution in [3.05, 3.63) is 29.6 Å². The van der Waals surface area contributed by atoms with E-state index in [1.54, 1.807) is 13.0 Å². The molecule has 0 bridgehead atoms. The van der Waals surface area contributed by atoms with Gasteiger partial charge < -0.3 is 5.11 Å². The average molecular weight is 269 g/mol.